The van der Waals surface area contributed by atoms with Crippen LogP contribution >= 0.6 is 0 Å². The number of hydrogen-bond donors (Lipinski definition) is 0. The van der Waals surface area contributed by atoms with Gasteiger partial charge in [-0.25, -0.2) is 9.97 Å². The van der Waals surface area contributed by atoms with E-state index in [1.54, 1.807) is 0 Å². The van der Waals surface area contributed by atoms with Crippen molar-refractivity contribution >= 4 is 39.1 Å². The van der Waals surface area contributed by atoms with Gasteiger partial charge in [0.15, 0.2) is 5.65 Å². The van der Waals surface area contributed by atoms with E-state index in [1.165, 1.54) is 12.8 Å². The zero-order valence-electron chi connectivity index (χ0n) is 15.5. The molecular formula is C22H23N3O2. The Morgan fingerprint density at radius 1 is 0.963 bits per heavy atom. The van der Waals surface area contributed by atoms with E-state index in [9.17, 15) is 4.79 Å². The smallest absolute Gasteiger partial charge is 0.326 e. The highest BCUT2D eigenvalue weighted by molar-refractivity contribution is 6.06. The molecule has 0 atom stereocenters. The number of aromatic nitrogens is 3. The highest BCUT2D eigenvalue weighted by atomic mass is 16.5. The van der Waals surface area contributed by atoms with Crippen LogP contribution in [0.1, 0.15) is 32.6 Å². The van der Waals surface area contributed by atoms with Gasteiger partial charge < -0.3 is 9.30 Å². The van der Waals surface area contributed by atoms with Gasteiger partial charge >= 0.3 is 5.97 Å². The molecule has 0 unspecified atom stereocenters. The van der Waals surface area contributed by atoms with Crippen molar-refractivity contribution in [2.75, 3.05) is 6.61 Å². The van der Waals surface area contributed by atoms with Crippen molar-refractivity contribution in [3.05, 3.63) is 48.5 Å². The molecule has 4 aromatic rings. The molecule has 0 aliphatic rings. The van der Waals surface area contributed by atoms with Gasteiger partial charge in [0.25, 0.3) is 0 Å². The fourth-order valence-electron chi connectivity index (χ4n) is 3.43. The summed E-state index contributed by atoms with van der Waals surface area (Å²) in [7, 11) is 0. The average Bonchev–Trinajstić information content (AvgIpc) is 2.99. The van der Waals surface area contributed by atoms with E-state index in [4.69, 9.17) is 14.7 Å². The van der Waals surface area contributed by atoms with Crippen LogP contribution in [0.15, 0.2) is 48.5 Å². The topological polar surface area (TPSA) is 57.0 Å². The molecule has 0 fully saturated rings. The maximum absolute atomic E-state index is 12.4. The number of hydrogen-bond acceptors (Lipinski definition) is 4. The van der Waals surface area contributed by atoms with Crippen LogP contribution in [0.5, 0.6) is 0 Å². The van der Waals surface area contributed by atoms with E-state index in [0.717, 1.165) is 45.9 Å². The Morgan fingerprint density at radius 3 is 2.52 bits per heavy atom. The average molecular weight is 361 g/mol. The van der Waals surface area contributed by atoms with E-state index in [-0.39, 0.29) is 12.5 Å². The van der Waals surface area contributed by atoms with E-state index < -0.39 is 0 Å². The first-order valence-electron chi connectivity index (χ1n) is 9.57. The number of para-hydroxylation sites is 3. The molecule has 5 heteroatoms. The Hall–Kier alpha value is -2.95. The summed E-state index contributed by atoms with van der Waals surface area (Å²) in [5.74, 6) is -0.232. The normalized spacial score (nSPS) is 11.4. The van der Waals surface area contributed by atoms with Gasteiger partial charge in [0.1, 0.15) is 12.1 Å². The third kappa shape index (κ3) is 3.50. The molecule has 2 aromatic carbocycles. The van der Waals surface area contributed by atoms with Gasteiger partial charge in [0, 0.05) is 5.39 Å². The van der Waals surface area contributed by atoms with Crippen molar-refractivity contribution < 1.29 is 9.53 Å². The van der Waals surface area contributed by atoms with Crippen LogP contribution in [0.4, 0.5) is 0 Å². The minimum atomic E-state index is -0.232. The van der Waals surface area contributed by atoms with E-state index >= 15 is 0 Å². The Balaban J connectivity index is 1.68. The van der Waals surface area contributed by atoms with Crippen LogP contribution in [-0.4, -0.2) is 27.1 Å². The summed E-state index contributed by atoms with van der Waals surface area (Å²) < 4.78 is 7.35. The van der Waals surface area contributed by atoms with Crippen LogP contribution in [0.3, 0.4) is 0 Å². The summed E-state index contributed by atoms with van der Waals surface area (Å²) in [6.45, 7) is 2.79. The Labute approximate surface area is 158 Å². The number of carbonyl (C=O) groups excluding carboxylic acids is 1. The molecule has 0 amide bonds. The Kier molecular flexibility index (Phi) is 5.01. The van der Waals surface area contributed by atoms with Crippen molar-refractivity contribution in [3.8, 4) is 0 Å². The number of nitrogens with zero attached hydrogens (tertiary/aromatic N) is 3. The zero-order valence-corrected chi connectivity index (χ0v) is 15.5. The molecule has 0 saturated heterocycles. The van der Waals surface area contributed by atoms with Gasteiger partial charge in [0.05, 0.1) is 23.2 Å². The SMILES string of the molecule is CCCCCCOC(=O)Cn1c2ccccc2c2nc3ccccc3nc21. The lowest BCUT2D eigenvalue weighted by atomic mass is 10.2. The fourth-order valence-corrected chi connectivity index (χ4v) is 3.43. The lowest BCUT2D eigenvalue weighted by Gasteiger charge is -2.08. The van der Waals surface area contributed by atoms with Crippen molar-refractivity contribution in [3.63, 3.8) is 0 Å². The monoisotopic (exact) mass is 361 g/mol. The molecule has 27 heavy (non-hydrogen) atoms. The lowest BCUT2D eigenvalue weighted by Crippen LogP contribution is -2.14. The van der Waals surface area contributed by atoms with Crippen molar-refractivity contribution in [1.82, 2.24) is 14.5 Å². The van der Waals surface area contributed by atoms with Crippen molar-refractivity contribution in [2.24, 2.45) is 0 Å². The minimum Gasteiger partial charge on any atom is -0.464 e. The minimum absolute atomic E-state index is 0.144. The summed E-state index contributed by atoms with van der Waals surface area (Å²) in [6, 6.07) is 15.8. The first kappa shape index (κ1) is 17.5. The number of rotatable bonds is 7. The maximum atomic E-state index is 12.4. The summed E-state index contributed by atoms with van der Waals surface area (Å²) in [5, 5.41) is 1.00. The quantitative estimate of drug-likeness (QED) is 0.348. The number of carbonyl (C=O) groups is 1. The summed E-state index contributed by atoms with van der Waals surface area (Å²) in [5.41, 5.74) is 4.16. The van der Waals surface area contributed by atoms with E-state index in [2.05, 4.69) is 6.92 Å². The predicted molar refractivity (Wildman–Crippen MR) is 108 cm³/mol. The van der Waals surface area contributed by atoms with Crippen LogP contribution in [0.25, 0.3) is 33.1 Å². The van der Waals surface area contributed by atoms with Gasteiger partial charge in [-0.05, 0) is 24.6 Å². The Morgan fingerprint density at radius 2 is 1.70 bits per heavy atom. The third-order valence-electron chi connectivity index (χ3n) is 4.81. The van der Waals surface area contributed by atoms with Gasteiger partial charge in [-0.15, -0.1) is 0 Å². The third-order valence-corrected chi connectivity index (χ3v) is 4.81. The second-order valence-corrected chi connectivity index (χ2v) is 6.77. The van der Waals surface area contributed by atoms with Crippen molar-refractivity contribution in [1.29, 1.82) is 0 Å². The Bertz CT molecular complexity index is 1100. The van der Waals surface area contributed by atoms with Gasteiger partial charge in [-0.1, -0.05) is 56.5 Å². The molecule has 138 valence electrons. The zero-order chi connectivity index (χ0) is 18.6. The fraction of sp³-hybridized carbons (Fsp3) is 0.318. The van der Waals surface area contributed by atoms with E-state index in [1.807, 2.05) is 53.1 Å². The molecule has 4 rings (SSSR count). The summed E-state index contributed by atoms with van der Waals surface area (Å²) in [6.07, 6.45) is 4.35. The van der Waals surface area contributed by atoms with Crippen molar-refractivity contribution in [2.45, 2.75) is 39.2 Å². The van der Waals surface area contributed by atoms with Gasteiger partial charge in [-0.3, -0.25) is 4.79 Å². The number of ether oxygens (including phenoxy) is 1. The molecule has 0 aliphatic carbocycles. The molecule has 0 aliphatic heterocycles. The predicted octanol–water partition coefficient (Wildman–Crippen LogP) is 4.86. The van der Waals surface area contributed by atoms with Gasteiger partial charge in [0.2, 0.25) is 0 Å². The molecule has 0 bridgehead atoms. The number of benzene rings is 2. The molecule has 2 heterocycles. The standard InChI is InChI=1S/C22H23N3O2/c1-2-3-4-9-14-27-20(26)15-25-19-13-8-5-10-16(19)21-22(25)24-18-12-7-6-11-17(18)23-21/h5-8,10-13H,2-4,9,14-15H2,1H3. The number of esters is 1. The van der Waals surface area contributed by atoms with Crippen LogP contribution < -0.4 is 0 Å². The first-order chi connectivity index (χ1) is 13.3. The molecular weight excluding hydrogens is 338 g/mol. The molecule has 0 radical (unpaired) electrons. The van der Waals surface area contributed by atoms with Crippen LogP contribution in [0.2, 0.25) is 0 Å². The molecule has 2 aromatic heterocycles. The molecule has 0 saturated carbocycles. The molecule has 0 N–H and O–H groups in total. The lowest BCUT2D eigenvalue weighted by molar-refractivity contribution is -0.144. The first-order valence-corrected chi connectivity index (χ1v) is 9.57. The molecule has 0 spiro atoms. The maximum Gasteiger partial charge on any atom is 0.326 e. The molecule has 5 nitrogen and oxygen atoms in total. The largest absolute Gasteiger partial charge is 0.464 e. The summed E-state index contributed by atoms with van der Waals surface area (Å²) >= 11 is 0. The summed E-state index contributed by atoms with van der Waals surface area (Å²) in [4.78, 5) is 22.0. The number of fused-ring (bicyclic) bond motifs is 4. The van der Waals surface area contributed by atoms with Gasteiger partial charge in [-0.2, -0.15) is 0 Å². The highest BCUT2D eigenvalue weighted by Crippen LogP contribution is 2.28. The number of unbranched alkanes of at least 4 members (excludes halogenated alkanes) is 3. The highest BCUT2D eigenvalue weighted by Gasteiger charge is 2.16. The second-order valence-electron chi connectivity index (χ2n) is 6.77. The van der Waals surface area contributed by atoms with Crippen LogP contribution in [-0.2, 0) is 16.1 Å². The second kappa shape index (κ2) is 7.74. The van der Waals surface area contributed by atoms with E-state index in [0.29, 0.717) is 6.61 Å². The van der Waals surface area contributed by atoms with Crippen LogP contribution in [0, 0.1) is 0 Å².